The van der Waals surface area contributed by atoms with Crippen LogP contribution in [-0.4, -0.2) is 37.9 Å². The molecule has 2 N–H and O–H groups in total. The predicted octanol–water partition coefficient (Wildman–Crippen LogP) is 1.40. The van der Waals surface area contributed by atoms with Gasteiger partial charge in [-0.3, -0.25) is 9.89 Å². The van der Waals surface area contributed by atoms with E-state index >= 15 is 0 Å². The Bertz CT molecular complexity index is 556. The number of aromatic nitrogens is 4. The predicted molar refractivity (Wildman–Crippen MR) is 79.0 cm³/mol. The van der Waals surface area contributed by atoms with E-state index in [2.05, 4.69) is 25.5 Å². The number of amides is 1. The van der Waals surface area contributed by atoms with Gasteiger partial charge in [-0.05, 0) is 19.4 Å². The molecular formula is C13H17N5O2S. The molecule has 2 aromatic heterocycles. The molecule has 0 aromatic carbocycles. The number of hydrogen-bond donors (Lipinski definition) is 2. The minimum Gasteiger partial charge on any atom is -0.475 e. The third-order valence-corrected chi connectivity index (χ3v) is 3.25. The van der Waals surface area contributed by atoms with Crippen LogP contribution in [0, 0.1) is 0 Å². The molecule has 0 spiro atoms. The molecule has 0 saturated heterocycles. The summed E-state index contributed by atoms with van der Waals surface area (Å²) in [5, 5.41) is 9.85. The Balaban J connectivity index is 1.73. The summed E-state index contributed by atoms with van der Waals surface area (Å²) in [6, 6.07) is 3.68. The van der Waals surface area contributed by atoms with Crippen molar-refractivity contribution in [2.75, 3.05) is 5.75 Å². The highest BCUT2D eigenvalue weighted by atomic mass is 32.2. The topological polar surface area (TPSA) is 92.8 Å². The Kier molecular flexibility index (Phi) is 5.56. The van der Waals surface area contributed by atoms with Crippen molar-refractivity contribution < 1.29 is 9.53 Å². The molecule has 0 radical (unpaired) electrons. The molecule has 21 heavy (non-hydrogen) atoms. The van der Waals surface area contributed by atoms with Crippen LogP contribution in [0.5, 0.6) is 5.88 Å². The summed E-state index contributed by atoms with van der Waals surface area (Å²) in [5.41, 5.74) is 0.920. The normalized spacial score (nSPS) is 10.6. The summed E-state index contributed by atoms with van der Waals surface area (Å²) >= 11 is 1.30. The van der Waals surface area contributed by atoms with Crippen molar-refractivity contribution >= 4 is 17.7 Å². The molecule has 0 aliphatic heterocycles. The standard InChI is InChI=1S/C13H17N5O2S/c1-9(2)20-12-4-3-10(6-15-12)5-14-11(19)7-21-13-16-8-17-18-13/h3-4,6,8-9H,5,7H2,1-2H3,(H,14,19)(H,16,17,18). The van der Waals surface area contributed by atoms with Crippen LogP contribution in [0.4, 0.5) is 0 Å². The molecular weight excluding hydrogens is 290 g/mol. The van der Waals surface area contributed by atoms with Crippen molar-refractivity contribution in [3.8, 4) is 5.88 Å². The van der Waals surface area contributed by atoms with Crippen molar-refractivity contribution in [1.82, 2.24) is 25.5 Å². The van der Waals surface area contributed by atoms with Gasteiger partial charge in [-0.2, -0.15) is 5.10 Å². The minimum atomic E-state index is -0.0705. The summed E-state index contributed by atoms with van der Waals surface area (Å²) in [4.78, 5) is 19.8. The molecule has 7 nitrogen and oxygen atoms in total. The molecule has 0 saturated carbocycles. The fourth-order valence-electron chi connectivity index (χ4n) is 1.48. The van der Waals surface area contributed by atoms with Crippen LogP contribution in [0.15, 0.2) is 29.8 Å². The number of nitrogens with one attached hydrogen (secondary N) is 2. The quantitative estimate of drug-likeness (QED) is 0.751. The first-order valence-electron chi connectivity index (χ1n) is 6.50. The van der Waals surface area contributed by atoms with Crippen molar-refractivity contribution in [1.29, 1.82) is 0 Å². The zero-order valence-electron chi connectivity index (χ0n) is 11.9. The lowest BCUT2D eigenvalue weighted by Crippen LogP contribution is -2.24. The van der Waals surface area contributed by atoms with E-state index < -0.39 is 0 Å². The third-order valence-electron chi connectivity index (χ3n) is 2.38. The molecule has 0 atom stereocenters. The smallest absolute Gasteiger partial charge is 0.230 e. The van der Waals surface area contributed by atoms with Crippen LogP contribution < -0.4 is 10.1 Å². The van der Waals surface area contributed by atoms with E-state index in [0.717, 1.165) is 5.56 Å². The second-order valence-electron chi connectivity index (χ2n) is 4.53. The first-order chi connectivity index (χ1) is 10.1. The number of H-pyrrole nitrogens is 1. The van der Waals surface area contributed by atoms with Gasteiger partial charge < -0.3 is 10.1 Å². The van der Waals surface area contributed by atoms with Gasteiger partial charge in [0.1, 0.15) is 6.33 Å². The summed E-state index contributed by atoms with van der Waals surface area (Å²) in [7, 11) is 0. The average molecular weight is 307 g/mol. The van der Waals surface area contributed by atoms with Gasteiger partial charge in [0.15, 0.2) is 5.16 Å². The minimum absolute atomic E-state index is 0.0705. The maximum atomic E-state index is 11.7. The number of ether oxygens (including phenoxy) is 1. The van der Waals surface area contributed by atoms with Crippen LogP contribution in [-0.2, 0) is 11.3 Å². The van der Waals surface area contributed by atoms with E-state index in [-0.39, 0.29) is 17.8 Å². The number of carbonyl (C=O) groups excluding carboxylic acids is 1. The second-order valence-corrected chi connectivity index (χ2v) is 5.49. The third kappa shape index (κ3) is 5.42. The van der Waals surface area contributed by atoms with Crippen molar-refractivity contribution in [2.45, 2.75) is 31.7 Å². The van der Waals surface area contributed by atoms with Crippen LogP contribution in [0.3, 0.4) is 0 Å². The Labute approximate surface area is 126 Å². The van der Waals surface area contributed by atoms with Gasteiger partial charge in [0, 0.05) is 18.8 Å². The summed E-state index contributed by atoms with van der Waals surface area (Å²) < 4.78 is 5.46. The SMILES string of the molecule is CC(C)Oc1ccc(CNC(=O)CSc2ncn[nH]2)cn1. The fraction of sp³-hybridized carbons (Fsp3) is 0.385. The maximum Gasteiger partial charge on any atom is 0.230 e. The lowest BCUT2D eigenvalue weighted by molar-refractivity contribution is -0.118. The summed E-state index contributed by atoms with van der Waals surface area (Å²) in [6.45, 7) is 4.33. The van der Waals surface area contributed by atoms with E-state index in [1.54, 1.807) is 12.3 Å². The van der Waals surface area contributed by atoms with Gasteiger partial charge in [0.2, 0.25) is 11.8 Å². The number of aromatic amines is 1. The Morgan fingerprint density at radius 1 is 1.43 bits per heavy atom. The molecule has 1 amide bonds. The van der Waals surface area contributed by atoms with E-state index in [0.29, 0.717) is 17.6 Å². The second kappa shape index (κ2) is 7.63. The number of thioether (sulfide) groups is 1. The molecule has 112 valence electrons. The van der Waals surface area contributed by atoms with Crippen molar-refractivity contribution in [3.63, 3.8) is 0 Å². The van der Waals surface area contributed by atoms with Gasteiger partial charge in [-0.15, -0.1) is 0 Å². The van der Waals surface area contributed by atoms with Crippen LogP contribution in [0.2, 0.25) is 0 Å². The number of pyridine rings is 1. The van der Waals surface area contributed by atoms with Gasteiger partial charge in [-0.25, -0.2) is 9.97 Å². The molecule has 0 aliphatic carbocycles. The molecule has 0 aliphatic rings. The Morgan fingerprint density at radius 3 is 2.90 bits per heavy atom. The van der Waals surface area contributed by atoms with E-state index in [4.69, 9.17) is 4.74 Å². The van der Waals surface area contributed by atoms with E-state index in [1.807, 2.05) is 19.9 Å². The lowest BCUT2D eigenvalue weighted by atomic mass is 10.3. The number of carbonyl (C=O) groups is 1. The van der Waals surface area contributed by atoms with Gasteiger partial charge in [-0.1, -0.05) is 17.8 Å². The highest BCUT2D eigenvalue weighted by Crippen LogP contribution is 2.11. The first-order valence-corrected chi connectivity index (χ1v) is 7.48. The monoisotopic (exact) mass is 307 g/mol. The largest absolute Gasteiger partial charge is 0.475 e. The van der Waals surface area contributed by atoms with Crippen LogP contribution >= 0.6 is 11.8 Å². The molecule has 0 bridgehead atoms. The van der Waals surface area contributed by atoms with Crippen LogP contribution in [0.1, 0.15) is 19.4 Å². The molecule has 2 heterocycles. The number of nitrogens with zero attached hydrogens (tertiary/aromatic N) is 3. The Morgan fingerprint density at radius 2 is 2.29 bits per heavy atom. The van der Waals surface area contributed by atoms with E-state index in [1.165, 1.54) is 18.1 Å². The molecule has 8 heteroatoms. The Hall–Kier alpha value is -2.09. The van der Waals surface area contributed by atoms with Gasteiger partial charge >= 0.3 is 0 Å². The number of hydrogen-bond acceptors (Lipinski definition) is 6. The molecule has 2 rings (SSSR count). The first kappa shape index (κ1) is 15.3. The zero-order chi connectivity index (χ0) is 15.1. The number of rotatable bonds is 7. The molecule has 0 unspecified atom stereocenters. The van der Waals surface area contributed by atoms with Crippen molar-refractivity contribution in [2.24, 2.45) is 0 Å². The molecule has 0 fully saturated rings. The van der Waals surface area contributed by atoms with Crippen molar-refractivity contribution in [3.05, 3.63) is 30.2 Å². The van der Waals surface area contributed by atoms with Crippen LogP contribution in [0.25, 0.3) is 0 Å². The van der Waals surface area contributed by atoms with E-state index in [9.17, 15) is 4.79 Å². The zero-order valence-corrected chi connectivity index (χ0v) is 12.7. The molecule has 2 aromatic rings. The summed E-state index contributed by atoms with van der Waals surface area (Å²) in [6.07, 6.45) is 3.20. The lowest BCUT2D eigenvalue weighted by Gasteiger charge is -2.09. The highest BCUT2D eigenvalue weighted by Gasteiger charge is 2.05. The maximum absolute atomic E-state index is 11.7. The summed E-state index contributed by atoms with van der Waals surface area (Å²) in [5.74, 6) is 0.803. The van der Waals surface area contributed by atoms with Gasteiger partial charge in [0.05, 0.1) is 11.9 Å². The van der Waals surface area contributed by atoms with Gasteiger partial charge in [0.25, 0.3) is 0 Å². The highest BCUT2D eigenvalue weighted by molar-refractivity contribution is 7.99. The fourth-order valence-corrected chi connectivity index (χ4v) is 2.08. The average Bonchev–Trinajstić information content (AvgIpc) is 2.97.